The SMILES string of the molecule is COC(=O)c1ccc(-c2ccc(C3CCCCC3)cc2)cc1. The van der Waals surface area contributed by atoms with Gasteiger partial charge in [0.05, 0.1) is 12.7 Å². The van der Waals surface area contributed by atoms with E-state index in [1.807, 2.05) is 24.3 Å². The molecule has 1 aliphatic rings. The highest BCUT2D eigenvalue weighted by Gasteiger charge is 2.15. The number of ether oxygens (including phenoxy) is 1. The van der Waals surface area contributed by atoms with Gasteiger partial charge in [-0.15, -0.1) is 0 Å². The Hall–Kier alpha value is -2.09. The minimum atomic E-state index is -0.292. The summed E-state index contributed by atoms with van der Waals surface area (Å²) in [6, 6.07) is 16.5. The van der Waals surface area contributed by atoms with E-state index >= 15 is 0 Å². The van der Waals surface area contributed by atoms with Crippen LogP contribution < -0.4 is 0 Å². The molecule has 1 aliphatic carbocycles. The topological polar surface area (TPSA) is 26.3 Å². The van der Waals surface area contributed by atoms with Gasteiger partial charge in [-0.3, -0.25) is 0 Å². The van der Waals surface area contributed by atoms with Gasteiger partial charge in [0.1, 0.15) is 0 Å². The molecule has 0 saturated heterocycles. The Labute approximate surface area is 132 Å². The van der Waals surface area contributed by atoms with E-state index in [0.717, 1.165) is 11.5 Å². The molecule has 2 nitrogen and oxygen atoms in total. The smallest absolute Gasteiger partial charge is 0.337 e. The molecule has 0 atom stereocenters. The standard InChI is InChI=1S/C20H22O2/c1-22-20(21)19-13-11-18(12-14-19)17-9-7-16(8-10-17)15-5-3-2-4-6-15/h7-15H,2-6H2,1H3. The zero-order valence-electron chi connectivity index (χ0n) is 13.0. The van der Waals surface area contributed by atoms with Gasteiger partial charge in [0.15, 0.2) is 0 Å². The Bertz CT molecular complexity index is 620. The van der Waals surface area contributed by atoms with Crippen molar-refractivity contribution in [3.8, 4) is 11.1 Å². The van der Waals surface area contributed by atoms with Gasteiger partial charge in [0, 0.05) is 0 Å². The number of carbonyl (C=O) groups is 1. The molecule has 114 valence electrons. The molecule has 0 aliphatic heterocycles. The molecule has 0 unspecified atom stereocenters. The zero-order valence-corrected chi connectivity index (χ0v) is 13.0. The average Bonchev–Trinajstić information content (AvgIpc) is 2.62. The van der Waals surface area contributed by atoms with E-state index in [0.29, 0.717) is 5.56 Å². The molecule has 2 aromatic carbocycles. The number of rotatable bonds is 3. The molecule has 0 bridgehead atoms. The largest absolute Gasteiger partial charge is 0.465 e. The fourth-order valence-electron chi connectivity index (χ4n) is 3.30. The van der Waals surface area contributed by atoms with Gasteiger partial charge >= 0.3 is 5.97 Å². The average molecular weight is 294 g/mol. The quantitative estimate of drug-likeness (QED) is 0.728. The Balaban J connectivity index is 1.76. The van der Waals surface area contributed by atoms with Crippen LogP contribution in [0.2, 0.25) is 0 Å². The third-order valence-corrected chi connectivity index (χ3v) is 4.63. The maximum Gasteiger partial charge on any atom is 0.337 e. The molecule has 1 saturated carbocycles. The maximum absolute atomic E-state index is 11.5. The zero-order chi connectivity index (χ0) is 15.4. The molecule has 2 heteroatoms. The molecule has 0 amide bonds. The first kappa shape index (κ1) is 14.8. The van der Waals surface area contributed by atoms with Gasteiger partial charge in [-0.2, -0.15) is 0 Å². The Morgan fingerprint density at radius 1 is 0.864 bits per heavy atom. The molecule has 0 N–H and O–H groups in total. The third kappa shape index (κ3) is 3.22. The van der Waals surface area contributed by atoms with Crippen molar-refractivity contribution in [1.29, 1.82) is 0 Å². The van der Waals surface area contributed by atoms with Gasteiger partial charge in [-0.05, 0) is 47.6 Å². The molecule has 0 spiro atoms. The lowest BCUT2D eigenvalue weighted by atomic mass is 9.84. The van der Waals surface area contributed by atoms with Crippen molar-refractivity contribution in [2.45, 2.75) is 38.0 Å². The summed E-state index contributed by atoms with van der Waals surface area (Å²) in [6.07, 6.45) is 6.77. The molecular weight excluding hydrogens is 272 g/mol. The second-order valence-corrected chi connectivity index (χ2v) is 6.03. The summed E-state index contributed by atoms with van der Waals surface area (Å²) in [5.41, 5.74) is 4.37. The van der Waals surface area contributed by atoms with E-state index < -0.39 is 0 Å². The van der Waals surface area contributed by atoms with Gasteiger partial charge < -0.3 is 4.74 Å². The molecule has 3 rings (SSSR count). The van der Waals surface area contributed by atoms with E-state index in [9.17, 15) is 4.79 Å². The van der Waals surface area contributed by atoms with Crippen LogP contribution in [0.3, 0.4) is 0 Å². The molecule has 2 aromatic rings. The van der Waals surface area contributed by atoms with Crippen molar-refractivity contribution in [2.24, 2.45) is 0 Å². The lowest BCUT2D eigenvalue weighted by Gasteiger charge is -2.22. The van der Waals surface area contributed by atoms with Gasteiger partial charge in [0.25, 0.3) is 0 Å². The van der Waals surface area contributed by atoms with Gasteiger partial charge in [-0.1, -0.05) is 55.7 Å². The van der Waals surface area contributed by atoms with Crippen LogP contribution in [0.15, 0.2) is 48.5 Å². The van der Waals surface area contributed by atoms with Gasteiger partial charge in [0.2, 0.25) is 0 Å². The van der Waals surface area contributed by atoms with Crippen LogP contribution in [0.1, 0.15) is 53.9 Å². The number of methoxy groups -OCH3 is 1. The summed E-state index contributed by atoms with van der Waals surface area (Å²) in [7, 11) is 1.40. The van der Waals surface area contributed by atoms with E-state index in [-0.39, 0.29) is 5.97 Å². The minimum absolute atomic E-state index is 0.292. The van der Waals surface area contributed by atoms with Crippen LogP contribution in [0.25, 0.3) is 11.1 Å². The maximum atomic E-state index is 11.5. The van der Waals surface area contributed by atoms with Crippen LogP contribution in [-0.4, -0.2) is 13.1 Å². The third-order valence-electron chi connectivity index (χ3n) is 4.63. The lowest BCUT2D eigenvalue weighted by Crippen LogP contribution is -2.04. The fourth-order valence-corrected chi connectivity index (χ4v) is 3.30. The number of benzene rings is 2. The number of hydrogen-bond donors (Lipinski definition) is 0. The van der Waals surface area contributed by atoms with Crippen molar-refractivity contribution < 1.29 is 9.53 Å². The Kier molecular flexibility index (Phi) is 4.57. The van der Waals surface area contributed by atoms with Crippen LogP contribution in [0, 0.1) is 0 Å². The second kappa shape index (κ2) is 6.78. The highest BCUT2D eigenvalue weighted by atomic mass is 16.5. The summed E-state index contributed by atoms with van der Waals surface area (Å²) in [5, 5.41) is 0. The molecule has 22 heavy (non-hydrogen) atoms. The molecular formula is C20H22O2. The first-order chi connectivity index (χ1) is 10.8. The summed E-state index contributed by atoms with van der Waals surface area (Å²) in [6.45, 7) is 0. The van der Waals surface area contributed by atoms with Crippen molar-refractivity contribution in [3.05, 3.63) is 59.7 Å². The highest BCUT2D eigenvalue weighted by Crippen LogP contribution is 2.33. The predicted octanol–water partition coefficient (Wildman–Crippen LogP) is 5.19. The Morgan fingerprint density at radius 3 is 1.95 bits per heavy atom. The van der Waals surface area contributed by atoms with Gasteiger partial charge in [-0.25, -0.2) is 4.79 Å². The van der Waals surface area contributed by atoms with Crippen molar-refractivity contribution in [2.75, 3.05) is 7.11 Å². The summed E-state index contributed by atoms with van der Waals surface area (Å²) < 4.78 is 4.73. The highest BCUT2D eigenvalue weighted by molar-refractivity contribution is 5.89. The number of esters is 1. The van der Waals surface area contributed by atoms with Crippen molar-refractivity contribution in [1.82, 2.24) is 0 Å². The van der Waals surface area contributed by atoms with Crippen LogP contribution in [0.5, 0.6) is 0 Å². The lowest BCUT2D eigenvalue weighted by molar-refractivity contribution is 0.0601. The summed E-state index contributed by atoms with van der Waals surface area (Å²) >= 11 is 0. The number of carbonyl (C=O) groups excluding carboxylic acids is 1. The summed E-state index contributed by atoms with van der Waals surface area (Å²) in [5.74, 6) is 0.448. The van der Waals surface area contributed by atoms with E-state index in [2.05, 4.69) is 24.3 Å². The molecule has 0 heterocycles. The van der Waals surface area contributed by atoms with Crippen LogP contribution >= 0.6 is 0 Å². The minimum Gasteiger partial charge on any atom is -0.465 e. The van der Waals surface area contributed by atoms with Crippen molar-refractivity contribution >= 4 is 5.97 Å². The monoisotopic (exact) mass is 294 g/mol. The normalized spacial score (nSPS) is 15.5. The Morgan fingerprint density at radius 2 is 1.41 bits per heavy atom. The first-order valence-electron chi connectivity index (χ1n) is 8.06. The van der Waals surface area contributed by atoms with E-state index in [1.54, 1.807) is 0 Å². The number of hydrogen-bond acceptors (Lipinski definition) is 2. The van der Waals surface area contributed by atoms with Crippen LogP contribution in [-0.2, 0) is 4.74 Å². The summed E-state index contributed by atoms with van der Waals surface area (Å²) in [4.78, 5) is 11.5. The molecule has 0 radical (unpaired) electrons. The fraction of sp³-hybridized carbons (Fsp3) is 0.350. The van der Waals surface area contributed by atoms with Crippen LogP contribution in [0.4, 0.5) is 0 Å². The predicted molar refractivity (Wildman–Crippen MR) is 89.0 cm³/mol. The molecule has 1 fully saturated rings. The van der Waals surface area contributed by atoms with Crippen molar-refractivity contribution in [3.63, 3.8) is 0 Å². The first-order valence-corrected chi connectivity index (χ1v) is 8.06. The second-order valence-electron chi connectivity index (χ2n) is 6.03. The van der Waals surface area contributed by atoms with E-state index in [1.165, 1.54) is 50.3 Å². The van der Waals surface area contributed by atoms with E-state index in [4.69, 9.17) is 4.74 Å². The molecule has 0 aromatic heterocycles.